The fourth-order valence-electron chi connectivity index (χ4n) is 2.67. The Morgan fingerprint density at radius 1 is 1.00 bits per heavy atom. The van der Waals surface area contributed by atoms with Crippen molar-refractivity contribution in [3.63, 3.8) is 0 Å². The van der Waals surface area contributed by atoms with Gasteiger partial charge in [-0.25, -0.2) is 13.8 Å². The van der Waals surface area contributed by atoms with Gasteiger partial charge in [0.25, 0.3) is 0 Å². The van der Waals surface area contributed by atoms with Crippen LogP contribution < -0.4 is 10.1 Å². The summed E-state index contributed by atoms with van der Waals surface area (Å²) < 4.78 is 32.2. The summed E-state index contributed by atoms with van der Waals surface area (Å²) in [4.78, 5) is 22.9. The summed E-state index contributed by atoms with van der Waals surface area (Å²) in [6, 6.07) is 11.7. The van der Waals surface area contributed by atoms with Gasteiger partial charge in [0.2, 0.25) is 5.82 Å². The fraction of sp³-hybridized carbons (Fsp3) is 0. The van der Waals surface area contributed by atoms with Crippen molar-refractivity contribution in [2.75, 3.05) is 5.32 Å². The largest absolute Gasteiger partial charge is 0.431 e. The summed E-state index contributed by atoms with van der Waals surface area (Å²) in [6.07, 6.45) is 2.63. The lowest BCUT2D eigenvalue weighted by molar-refractivity contribution is -0.385. The summed E-state index contributed by atoms with van der Waals surface area (Å²) in [6.45, 7) is 0. The van der Waals surface area contributed by atoms with Gasteiger partial charge >= 0.3 is 11.6 Å². The lowest BCUT2D eigenvalue weighted by Gasteiger charge is -2.10. The number of nitro groups is 1. The molecule has 10 heteroatoms. The molecule has 2 heterocycles. The van der Waals surface area contributed by atoms with Crippen LogP contribution in [0, 0.1) is 21.7 Å². The van der Waals surface area contributed by atoms with E-state index in [1.54, 1.807) is 24.4 Å². The molecule has 0 aliphatic carbocycles. The number of para-hydroxylation sites is 1. The molecule has 0 atom stereocenters. The smallest absolute Gasteiger partial charge is 0.373 e. The predicted molar refractivity (Wildman–Crippen MR) is 100 cm³/mol. The fourth-order valence-corrected chi connectivity index (χ4v) is 2.67. The second-order valence-electron chi connectivity index (χ2n) is 5.82. The van der Waals surface area contributed by atoms with Crippen molar-refractivity contribution in [3.05, 3.63) is 82.8 Å². The van der Waals surface area contributed by atoms with Crippen molar-refractivity contribution < 1.29 is 18.4 Å². The van der Waals surface area contributed by atoms with Crippen molar-refractivity contribution >= 4 is 28.1 Å². The van der Waals surface area contributed by atoms with Gasteiger partial charge < -0.3 is 10.1 Å². The van der Waals surface area contributed by atoms with E-state index in [0.717, 1.165) is 23.8 Å². The molecule has 2 aromatic carbocycles. The first-order chi connectivity index (χ1) is 14.0. The van der Waals surface area contributed by atoms with Gasteiger partial charge in [0.15, 0.2) is 17.4 Å². The van der Waals surface area contributed by atoms with Crippen LogP contribution in [-0.2, 0) is 0 Å². The molecule has 144 valence electrons. The highest BCUT2D eigenvalue weighted by Crippen LogP contribution is 2.37. The second-order valence-corrected chi connectivity index (χ2v) is 5.82. The molecule has 0 radical (unpaired) electrons. The second kappa shape index (κ2) is 7.43. The third kappa shape index (κ3) is 3.63. The molecule has 0 amide bonds. The normalized spacial score (nSPS) is 10.7. The predicted octanol–water partition coefficient (Wildman–Crippen LogP) is 4.75. The molecule has 2 aromatic heterocycles. The van der Waals surface area contributed by atoms with Crippen molar-refractivity contribution in [2.45, 2.75) is 0 Å². The monoisotopic (exact) mass is 395 g/mol. The number of nitrogens with one attached hydrogen (secondary N) is 1. The summed E-state index contributed by atoms with van der Waals surface area (Å²) in [7, 11) is 0. The highest BCUT2D eigenvalue weighted by Gasteiger charge is 2.26. The van der Waals surface area contributed by atoms with E-state index in [4.69, 9.17) is 4.74 Å². The molecule has 0 fully saturated rings. The Morgan fingerprint density at radius 2 is 1.83 bits per heavy atom. The number of pyridine rings is 1. The van der Waals surface area contributed by atoms with Gasteiger partial charge in [-0.05, 0) is 24.3 Å². The molecule has 0 spiro atoms. The van der Waals surface area contributed by atoms with Crippen LogP contribution in [0.4, 0.5) is 26.0 Å². The van der Waals surface area contributed by atoms with Gasteiger partial charge in [-0.2, -0.15) is 4.98 Å². The SMILES string of the molecule is O=[N+]([O-])c1c(Nc2ccc(F)c(F)c2)ncnc1Oc1cccc2cccnc12. The molecule has 0 aliphatic heterocycles. The zero-order valence-corrected chi connectivity index (χ0v) is 14.5. The van der Waals surface area contributed by atoms with Gasteiger partial charge in [-0.3, -0.25) is 15.1 Å². The van der Waals surface area contributed by atoms with Crippen LogP contribution in [0.1, 0.15) is 0 Å². The maximum absolute atomic E-state index is 13.4. The van der Waals surface area contributed by atoms with Crippen molar-refractivity contribution in [2.24, 2.45) is 0 Å². The molecule has 4 aromatic rings. The number of benzene rings is 2. The third-order valence-electron chi connectivity index (χ3n) is 3.96. The van der Waals surface area contributed by atoms with Gasteiger partial charge in [0.05, 0.1) is 4.92 Å². The Bertz CT molecular complexity index is 1230. The minimum atomic E-state index is -1.11. The first kappa shape index (κ1) is 18.2. The molecule has 0 saturated carbocycles. The van der Waals surface area contributed by atoms with E-state index in [2.05, 4.69) is 20.3 Å². The van der Waals surface area contributed by atoms with E-state index in [0.29, 0.717) is 5.52 Å². The number of halogens is 2. The molecular formula is C19H11F2N5O3. The molecule has 1 N–H and O–H groups in total. The number of fused-ring (bicyclic) bond motifs is 1. The van der Waals surface area contributed by atoms with Gasteiger partial charge in [0.1, 0.15) is 11.8 Å². The molecule has 29 heavy (non-hydrogen) atoms. The van der Waals surface area contributed by atoms with Crippen molar-refractivity contribution in [3.8, 4) is 11.6 Å². The van der Waals surface area contributed by atoms with Crippen LogP contribution in [0.5, 0.6) is 11.6 Å². The van der Waals surface area contributed by atoms with Crippen LogP contribution >= 0.6 is 0 Å². The molecule has 4 rings (SSSR count). The third-order valence-corrected chi connectivity index (χ3v) is 3.96. The quantitative estimate of drug-likeness (QED) is 0.384. The Labute approximate surface area is 162 Å². The van der Waals surface area contributed by atoms with E-state index in [1.165, 1.54) is 6.07 Å². The zero-order valence-electron chi connectivity index (χ0n) is 14.5. The van der Waals surface area contributed by atoms with E-state index >= 15 is 0 Å². The van der Waals surface area contributed by atoms with Crippen LogP contribution in [0.3, 0.4) is 0 Å². The first-order valence-electron chi connectivity index (χ1n) is 8.26. The van der Waals surface area contributed by atoms with Crippen molar-refractivity contribution in [1.29, 1.82) is 0 Å². The maximum atomic E-state index is 13.4. The molecule has 8 nitrogen and oxygen atoms in total. The van der Waals surface area contributed by atoms with Crippen LogP contribution in [-0.4, -0.2) is 19.9 Å². The van der Waals surface area contributed by atoms with E-state index in [1.807, 2.05) is 12.1 Å². The van der Waals surface area contributed by atoms with Gasteiger partial charge in [0, 0.05) is 23.3 Å². The lowest BCUT2D eigenvalue weighted by Crippen LogP contribution is -2.04. The molecule has 0 bridgehead atoms. The number of hydrogen-bond acceptors (Lipinski definition) is 7. The van der Waals surface area contributed by atoms with Gasteiger partial charge in [-0.1, -0.05) is 18.2 Å². The first-order valence-corrected chi connectivity index (χ1v) is 8.26. The summed E-state index contributed by atoms with van der Waals surface area (Å²) in [5.74, 6) is -2.44. The molecular weight excluding hydrogens is 384 g/mol. The number of anilines is 2. The summed E-state index contributed by atoms with van der Waals surface area (Å²) in [5, 5.41) is 15.0. The van der Waals surface area contributed by atoms with E-state index < -0.39 is 22.2 Å². The molecule has 0 aliphatic rings. The summed E-state index contributed by atoms with van der Waals surface area (Å²) in [5.41, 5.74) is 0.00618. The van der Waals surface area contributed by atoms with E-state index in [9.17, 15) is 18.9 Å². The highest BCUT2D eigenvalue weighted by molar-refractivity contribution is 5.84. The number of ether oxygens (including phenoxy) is 1. The van der Waals surface area contributed by atoms with Crippen LogP contribution in [0.25, 0.3) is 10.9 Å². The van der Waals surface area contributed by atoms with E-state index in [-0.39, 0.29) is 23.1 Å². The maximum Gasteiger partial charge on any atom is 0.373 e. The van der Waals surface area contributed by atoms with Gasteiger partial charge in [-0.15, -0.1) is 0 Å². The Balaban J connectivity index is 1.75. The van der Waals surface area contributed by atoms with Crippen LogP contribution in [0.15, 0.2) is 61.1 Å². The number of rotatable bonds is 5. The Kier molecular flexibility index (Phi) is 4.65. The molecule has 0 unspecified atom stereocenters. The zero-order chi connectivity index (χ0) is 20.4. The standard InChI is InChI=1S/C19H11F2N5O3/c20-13-7-6-12(9-14(13)21)25-18-17(26(27)28)19(24-10-23-18)29-15-5-1-3-11-4-2-8-22-16(11)15/h1-10H,(H,23,24,25). The minimum absolute atomic E-state index is 0.0727. The lowest BCUT2D eigenvalue weighted by atomic mass is 10.2. The summed E-state index contributed by atoms with van der Waals surface area (Å²) >= 11 is 0. The Morgan fingerprint density at radius 3 is 2.62 bits per heavy atom. The molecule has 0 saturated heterocycles. The average Bonchev–Trinajstić information content (AvgIpc) is 2.71. The highest BCUT2D eigenvalue weighted by atomic mass is 19.2. The average molecular weight is 395 g/mol. The number of hydrogen-bond donors (Lipinski definition) is 1. The topological polar surface area (TPSA) is 103 Å². The van der Waals surface area contributed by atoms with Crippen LogP contribution in [0.2, 0.25) is 0 Å². The number of nitrogens with zero attached hydrogens (tertiary/aromatic N) is 4. The Hall–Kier alpha value is -4.21. The minimum Gasteiger partial charge on any atom is -0.431 e. The van der Waals surface area contributed by atoms with Crippen molar-refractivity contribution in [1.82, 2.24) is 15.0 Å². The number of aromatic nitrogens is 3.